The first kappa shape index (κ1) is 17.9. The molecule has 0 bridgehead atoms. The van der Waals surface area contributed by atoms with Gasteiger partial charge < -0.3 is 14.7 Å². The number of halogens is 3. The Morgan fingerprint density at radius 1 is 1.19 bits per heavy atom. The second kappa shape index (κ2) is 7.12. The van der Waals surface area contributed by atoms with E-state index in [1.165, 1.54) is 16.8 Å². The van der Waals surface area contributed by atoms with Gasteiger partial charge in [0.05, 0.1) is 5.56 Å². The van der Waals surface area contributed by atoms with Crippen LogP contribution in [0.2, 0.25) is 0 Å². The summed E-state index contributed by atoms with van der Waals surface area (Å²) in [7, 11) is 1.72. The van der Waals surface area contributed by atoms with Crippen LogP contribution in [0.3, 0.4) is 0 Å². The predicted molar refractivity (Wildman–Crippen MR) is 84.8 cm³/mol. The van der Waals surface area contributed by atoms with Gasteiger partial charge in [0.2, 0.25) is 0 Å². The molecule has 0 aliphatic rings. The molecule has 0 saturated heterocycles. The lowest BCUT2D eigenvalue weighted by Crippen LogP contribution is -2.33. The van der Waals surface area contributed by atoms with Crippen LogP contribution in [-0.4, -0.2) is 56.7 Å². The molecule has 3 rings (SSSR count). The van der Waals surface area contributed by atoms with Crippen molar-refractivity contribution in [3.63, 3.8) is 0 Å². The molecule has 3 aromatic rings. The zero-order valence-corrected chi connectivity index (χ0v) is 13.6. The minimum absolute atomic E-state index is 0.0805. The molecule has 26 heavy (non-hydrogen) atoms. The highest BCUT2D eigenvalue weighted by Gasteiger charge is 2.30. The van der Waals surface area contributed by atoms with Crippen molar-refractivity contribution in [3.05, 3.63) is 42.0 Å². The van der Waals surface area contributed by atoms with Gasteiger partial charge in [0.15, 0.2) is 11.5 Å². The summed E-state index contributed by atoms with van der Waals surface area (Å²) in [6, 6.07) is 7.68. The molecule has 0 saturated carbocycles. The van der Waals surface area contributed by atoms with Crippen molar-refractivity contribution in [2.75, 3.05) is 25.1 Å². The fraction of sp³-hybridized carbons (Fsp3) is 0.333. The number of alkyl halides is 3. The van der Waals surface area contributed by atoms with E-state index in [1.54, 1.807) is 24.1 Å². The molecule has 1 N–H and O–H groups in total. The van der Waals surface area contributed by atoms with Gasteiger partial charge in [-0.15, -0.1) is 14.8 Å². The molecule has 0 spiro atoms. The lowest BCUT2D eigenvalue weighted by Gasteiger charge is -2.21. The number of hydrogen-bond acceptors (Lipinski definition) is 7. The van der Waals surface area contributed by atoms with E-state index in [9.17, 15) is 18.3 Å². The fourth-order valence-electron chi connectivity index (χ4n) is 2.24. The number of aromatic nitrogens is 5. The highest BCUT2D eigenvalue weighted by atomic mass is 19.4. The van der Waals surface area contributed by atoms with Gasteiger partial charge in [-0.25, -0.2) is 0 Å². The molecule has 8 nitrogen and oxygen atoms in total. The van der Waals surface area contributed by atoms with Crippen LogP contribution in [0.25, 0.3) is 5.65 Å². The Balaban J connectivity index is 1.54. The highest BCUT2D eigenvalue weighted by Crippen LogP contribution is 2.30. The first-order chi connectivity index (χ1) is 12.3. The van der Waals surface area contributed by atoms with Crippen molar-refractivity contribution in [1.82, 2.24) is 25.3 Å². The average molecular weight is 368 g/mol. The molecule has 2 aromatic heterocycles. The fourth-order valence-corrected chi connectivity index (χ4v) is 2.24. The molecule has 0 radical (unpaired) electrons. The summed E-state index contributed by atoms with van der Waals surface area (Å²) >= 11 is 0. The highest BCUT2D eigenvalue weighted by molar-refractivity contribution is 5.43. The molecule has 2 heterocycles. The smallest absolute Gasteiger partial charge is 0.416 e. The van der Waals surface area contributed by atoms with E-state index in [-0.39, 0.29) is 18.9 Å². The number of aliphatic hydroxyl groups excluding tert-OH is 1. The van der Waals surface area contributed by atoms with Crippen LogP contribution in [0.1, 0.15) is 5.56 Å². The molecule has 138 valence electrons. The van der Waals surface area contributed by atoms with Gasteiger partial charge in [-0.3, -0.25) is 0 Å². The largest absolute Gasteiger partial charge is 0.491 e. The lowest BCUT2D eigenvalue weighted by molar-refractivity contribution is -0.137. The number of tetrazole rings is 1. The average Bonchev–Trinajstić information content (AvgIpc) is 3.07. The first-order valence-electron chi connectivity index (χ1n) is 7.57. The Labute approximate surface area is 145 Å². The van der Waals surface area contributed by atoms with Gasteiger partial charge in [0, 0.05) is 13.6 Å². The van der Waals surface area contributed by atoms with Gasteiger partial charge in [-0.1, -0.05) is 0 Å². The second-order valence-corrected chi connectivity index (χ2v) is 5.59. The molecule has 0 aliphatic carbocycles. The summed E-state index contributed by atoms with van der Waals surface area (Å²) in [6.07, 6.45) is -5.28. The number of fused-ring (bicyclic) bond motifs is 1. The molecule has 0 unspecified atom stereocenters. The van der Waals surface area contributed by atoms with E-state index < -0.39 is 17.8 Å². The molecule has 1 aromatic carbocycles. The number of anilines is 1. The summed E-state index contributed by atoms with van der Waals surface area (Å²) in [6.45, 7) is 0.115. The third-order valence-electron chi connectivity index (χ3n) is 3.56. The van der Waals surface area contributed by atoms with Crippen molar-refractivity contribution < 1.29 is 23.0 Å². The number of ether oxygens (including phenoxy) is 1. The summed E-state index contributed by atoms with van der Waals surface area (Å²) < 4.78 is 44.1. The SMILES string of the molecule is CN(C[C@H](O)COc1ccc(C(F)(F)F)cc1)c1ccc2nnnn2n1. The maximum Gasteiger partial charge on any atom is 0.416 e. The topological polar surface area (TPSA) is 88.7 Å². The van der Waals surface area contributed by atoms with Gasteiger partial charge in [-0.05, 0) is 46.8 Å². The molecule has 11 heteroatoms. The van der Waals surface area contributed by atoms with E-state index in [2.05, 4.69) is 20.6 Å². The minimum Gasteiger partial charge on any atom is -0.491 e. The number of likely N-dealkylation sites (N-methyl/N-ethyl adjacent to an activating group) is 1. The van der Waals surface area contributed by atoms with Crippen LogP contribution < -0.4 is 9.64 Å². The Kier molecular flexibility index (Phi) is 4.89. The number of nitrogens with zero attached hydrogens (tertiary/aromatic N) is 6. The molecular formula is C15H15F3N6O2. The van der Waals surface area contributed by atoms with Crippen molar-refractivity contribution in [2.45, 2.75) is 12.3 Å². The summed E-state index contributed by atoms with van der Waals surface area (Å²) in [5, 5.41) is 25.2. The molecule has 0 fully saturated rings. The van der Waals surface area contributed by atoms with Crippen LogP contribution in [0, 0.1) is 0 Å². The number of aliphatic hydroxyl groups is 1. The number of rotatable bonds is 6. The third kappa shape index (κ3) is 4.17. The maximum absolute atomic E-state index is 12.5. The Morgan fingerprint density at radius 2 is 1.92 bits per heavy atom. The standard InChI is InChI=1S/C15H15F3N6O2/c1-23(14-7-6-13-19-21-22-24(13)20-14)8-11(25)9-26-12-4-2-10(3-5-12)15(16,17)18/h2-7,11,25H,8-9H2,1H3/t11-/m0/s1. The van der Waals surface area contributed by atoms with E-state index in [0.717, 1.165) is 12.1 Å². The lowest BCUT2D eigenvalue weighted by atomic mass is 10.2. The monoisotopic (exact) mass is 368 g/mol. The summed E-state index contributed by atoms with van der Waals surface area (Å²) in [4.78, 5) is 1.68. The van der Waals surface area contributed by atoms with Crippen LogP contribution in [0.5, 0.6) is 5.75 Å². The van der Waals surface area contributed by atoms with Gasteiger partial charge >= 0.3 is 6.18 Å². The number of hydrogen-bond donors (Lipinski definition) is 1. The summed E-state index contributed by atoms with van der Waals surface area (Å²) in [5.74, 6) is 0.784. The van der Waals surface area contributed by atoms with Crippen LogP contribution in [-0.2, 0) is 6.18 Å². The molecular weight excluding hydrogens is 353 g/mol. The van der Waals surface area contributed by atoms with Gasteiger partial charge in [0.1, 0.15) is 18.5 Å². The van der Waals surface area contributed by atoms with E-state index in [4.69, 9.17) is 4.74 Å². The zero-order valence-electron chi connectivity index (χ0n) is 13.6. The van der Waals surface area contributed by atoms with Crippen molar-refractivity contribution in [2.24, 2.45) is 0 Å². The van der Waals surface area contributed by atoms with Crippen molar-refractivity contribution in [1.29, 1.82) is 0 Å². The maximum atomic E-state index is 12.5. The minimum atomic E-state index is -4.39. The van der Waals surface area contributed by atoms with Crippen LogP contribution in [0.15, 0.2) is 36.4 Å². The molecule has 1 atom stereocenters. The number of benzene rings is 1. The predicted octanol–water partition coefficient (Wildman–Crippen LogP) is 1.41. The van der Waals surface area contributed by atoms with Gasteiger partial charge in [-0.2, -0.15) is 13.2 Å². The molecule has 0 aliphatic heterocycles. The van der Waals surface area contributed by atoms with Gasteiger partial charge in [0.25, 0.3) is 0 Å². The van der Waals surface area contributed by atoms with Crippen LogP contribution in [0.4, 0.5) is 19.0 Å². The van der Waals surface area contributed by atoms with E-state index in [0.29, 0.717) is 11.5 Å². The Hall–Kier alpha value is -2.95. The van der Waals surface area contributed by atoms with Crippen molar-refractivity contribution in [3.8, 4) is 5.75 Å². The van der Waals surface area contributed by atoms with E-state index in [1.807, 2.05) is 0 Å². The summed E-state index contributed by atoms with van der Waals surface area (Å²) in [5.41, 5.74) is -0.262. The Morgan fingerprint density at radius 3 is 2.62 bits per heavy atom. The van der Waals surface area contributed by atoms with Crippen LogP contribution >= 0.6 is 0 Å². The van der Waals surface area contributed by atoms with E-state index >= 15 is 0 Å². The third-order valence-corrected chi connectivity index (χ3v) is 3.56. The second-order valence-electron chi connectivity index (χ2n) is 5.59. The first-order valence-corrected chi connectivity index (χ1v) is 7.57. The zero-order chi connectivity index (χ0) is 18.7. The quantitative estimate of drug-likeness (QED) is 0.704. The molecule has 0 amide bonds. The van der Waals surface area contributed by atoms with Crippen molar-refractivity contribution >= 4 is 11.5 Å². The normalized spacial score (nSPS) is 13.0. The Bertz CT molecular complexity index is 868.